The third kappa shape index (κ3) is 1.76. The maximum Gasteiger partial charge on any atom is 0.309 e. The second kappa shape index (κ2) is 3.69. The Hall–Kier alpha value is -1.31. The molecule has 0 aromatic heterocycles. The molecule has 0 spiro atoms. The number of ether oxygens (including phenoxy) is 1. The molecule has 15 heavy (non-hydrogen) atoms. The van der Waals surface area contributed by atoms with Crippen LogP contribution in [0.15, 0.2) is 12.1 Å². The highest BCUT2D eigenvalue weighted by Crippen LogP contribution is 2.30. The van der Waals surface area contributed by atoms with E-state index in [1.165, 1.54) is 29.4 Å². The maximum absolute atomic E-state index is 11.5. The molecule has 0 bridgehead atoms. The number of rotatable bonds is 1. The Morgan fingerprint density at radius 3 is 2.73 bits per heavy atom. The van der Waals surface area contributed by atoms with Gasteiger partial charge in [0, 0.05) is 0 Å². The van der Waals surface area contributed by atoms with Crippen LogP contribution in [0.1, 0.15) is 22.3 Å². The van der Waals surface area contributed by atoms with Crippen molar-refractivity contribution in [3.63, 3.8) is 0 Å². The van der Waals surface area contributed by atoms with Gasteiger partial charge in [0.05, 0.1) is 13.0 Å². The molecule has 0 aliphatic heterocycles. The van der Waals surface area contributed by atoms with E-state index in [4.69, 9.17) is 4.74 Å². The second-order valence-corrected chi connectivity index (χ2v) is 4.35. The molecule has 0 unspecified atom stereocenters. The van der Waals surface area contributed by atoms with Crippen LogP contribution in [-0.2, 0) is 22.4 Å². The van der Waals surface area contributed by atoms with Gasteiger partial charge in [0.1, 0.15) is 0 Å². The van der Waals surface area contributed by atoms with Crippen LogP contribution < -0.4 is 0 Å². The van der Waals surface area contributed by atoms with Crippen molar-refractivity contribution in [2.24, 2.45) is 5.92 Å². The number of carbonyl (C=O) groups excluding carboxylic acids is 1. The van der Waals surface area contributed by atoms with Gasteiger partial charge in [-0.3, -0.25) is 4.79 Å². The van der Waals surface area contributed by atoms with Crippen molar-refractivity contribution >= 4 is 5.97 Å². The predicted molar refractivity (Wildman–Crippen MR) is 58.8 cm³/mol. The van der Waals surface area contributed by atoms with E-state index in [-0.39, 0.29) is 11.9 Å². The average molecular weight is 204 g/mol. The summed E-state index contributed by atoms with van der Waals surface area (Å²) in [5.74, 6) is -0.0475. The molecule has 1 aliphatic carbocycles. The first-order valence-corrected chi connectivity index (χ1v) is 5.28. The van der Waals surface area contributed by atoms with Gasteiger partial charge in [-0.1, -0.05) is 17.7 Å². The van der Waals surface area contributed by atoms with Gasteiger partial charge in [-0.25, -0.2) is 0 Å². The third-order valence-electron chi connectivity index (χ3n) is 3.16. The van der Waals surface area contributed by atoms with Crippen molar-refractivity contribution in [3.05, 3.63) is 34.4 Å². The minimum Gasteiger partial charge on any atom is -0.469 e. The van der Waals surface area contributed by atoms with Crippen LogP contribution >= 0.6 is 0 Å². The zero-order valence-electron chi connectivity index (χ0n) is 9.46. The molecular weight excluding hydrogens is 188 g/mol. The van der Waals surface area contributed by atoms with E-state index in [1.807, 2.05) is 0 Å². The van der Waals surface area contributed by atoms with Gasteiger partial charge in [0.15, 0.2) is 0 Å². The van der Waals surface area contributed by atoms with E-state index in [2.05, 4.69) is 26.0 Å². The standard InChI is InChI=1S/C13H16O2/c1-8-4-9(2)12-7-11(13(14)15-3)6-10(12)5-8/h4-5,11H,6-7H2,1-3H3/t11-/m0/s1. The SMILES string of the molecule is COC(=O)[C@H]1Cc2cc(C)cc(C)c2C1. The van der Waals surface area contributed by atoms with E-state index < -0.39 is 0 Å². The second-order valence-electron chi connectivity index (χ2n) is 4.35. The van der Waals surface area contributed by atoms with Crippen LogP contribution in [0.2, 0.25) is 0 Å². The van der Waals surface area contributed by atoms with Crippen molar-refractivity contribution in [2.45, 2.75) is 26.7 Å². The molecule has 1 aromatic rings. The summed E-state index contributed by atoms with van der Waals surface area (Å²) < 4.78 is 4.80. The number of methoxy groups -OCH3 is 1. The van der Waals surface area contributed by atoms with E-state index in [1.54, 1.807) is 0 Å². The quantitative estimate of drug-likeness (QED) is 0.655. The molecule has 0 saturated heterocycles. The highest BCUT2D eigenvalue weighted by atomic mass is 16.5. The molecule has 0 radical (unpaired) electrons. The Kier molecular flexibility index (Phi) is 2.51. The van der Waals surface area contributed by atoms with E-state index in [0.29, 0.717) is 0 Å². The summed E-state index contributed by atoms with van der Waals surface area (Å²) in [7, 11) is 1.46. The molecule has 1 atom stereocenters. The number of hydrogen-bond acceptors (Lipinski definition) is 2. The number of aryl methyl sites for hydroxylation is 2. The Balaban J connectivity index is 2.31. The van der Waals surface area contributed by atoms with Gasteiger partial charge in [-0.2, -0.15) is 0 Å². The van der Waals surface area contributed by atoms with Crippen LogP contribution in [0.5, 0.6) is 0 Å². The summed E-state index contributed by atoms with van der Waals surface area (Å²) in [5, 5.41) is 0. The monoisotopic (exact) mass is 204 g/mol. The van der Waals surface area contributed by atoms with E-state index in [9.17, 15) is 4.79 Å². The van der Waals surface area contributed by atoms with Crippen LogP contribution in [0.3, 0.4) is 0 Å². The summed E-state index contributed by atoms with van der Waals surface area (Å²) in [6.07, 6.45) is 1.68. The van der Waals surface area contributed by atoms with Gasteiger partial charge in [-0.15, -0.1) is 0 Å². The molecule has 0 fully saturated rings. The molecule has 0 heterocycles. The summed E-state index contributed by atoms with van der Waals surface area (Å²) >= 11 is 0. The van der Waals surface area contributed by atoms with Crippen molar-refractivity contribution < 1.29 is 9.53 Å². The van der Waals surface area contributed by atoms with Gasteiger partial charge in [0.25, 0.3) is 0 Å². The molecule has 2 nitrogen and oxygen atoms in total. The van der Waals surface area contributed by atoms with Gasteiger partial charge >= 0.3 is 5.97 Å². The Bertz CT molecular complexity index is 407. The Labute approximate surface area is 90.3 Å². The normalized spacial score (nSPS) is 18.7. The maximum atomic E-state index is 11.5. The lowest BCUT2D eigenvalue weighted by Crippen LogP contribution is -2.16. The number of hydrogen-bond donors (Lipinski definition) is 0. The fourth-order valence-corrected chi connectivity index (χ4v) is 2.48. The number of benzene rings is 1. The Morgan fingerprint density at radius 1 is 1.33 bits per heavy atom. The molecule has 1 aromatic carbocycles. The van der Waals surface area contributed by atoms with Gasteiger partial charge < -0.3 is 4.74 Å². The molecule has 0 saturated carbocycles. The number of esters is 1. The fraction of sp³-hybridized carbons (Fsp3) is 0.462. The molecule has 0 N–H and O–H groups in total. The topological polar surface area (TPSA) is 26.3 Å². The average Bonchev–Trinajstić information content (AvgIpc) is 2.60. The lowest BCUT2D eigenvalue weighted by Gasteiger charge is -2.05. The molecule has 2 heteroatoms. The van der Waals surface area contributed by atoms with Gasteiger partial charge in [0.2, 0.25) is 0 Å². The molecule has 80 valence electrons. The number of fused-ring (bicyclic) bond motifs is 1. The highest BCUT2D eigenvalue weighted by molar-refractivity contribution is 5.74. The Morgan fingerprint density at radius 2 is 2.07 bits per heavy atom. The van der Waals surface area contributed by atoms with Crippen LogP contribution in [0.4, 0.5) is 0 Å². The van der Waals surface area contributed by atoms with E-state index >= 15 is 0 Å². The first-order chi connectivity index (χ1) is 7.11. The van der Waals surface area contributed by atoms with Crippen LogP contribution in [0, 0.1) is 19.8 Å². The van der Waals surface area contributed by atoms with E-state index in [0.717, 1.165) is 12.8 Å². The molecule has 0 amide bonds. The third-order valence-corrected chi connectivity index (χ3v) is 3.16. The van der Waals surface area contributed by atoms with Crippen LogP contribution in [0.25, 0.3) is 0 Å². The summed E-state index contributed by atoms with van der Waals surface area (Å²) in [4.78, 5) is 11.5. The first kappa shape index (κ1) is 10.2. The summed E-state index contributed by atoms with van der Waals surface area (Å²) in [6, 6.07) is 4.36. The van der Waals surface area contributed by atoms with Crippen LogP contribution in [-0.4, -0.2) is 13.1 Å². The van der Waals surface area contributed by atoms with Crippen molar-refractivity contribution in [3.8, 4) is 0 Å². The smallest absolute Gasteiger partial charge is 0.309 e. The summed E-state index contributed by atoms with van der Waals surface area (Å²) in [5.41, 5.74) is 5.24. The lowest BCUT2D eigenvalue weighted by molar-refractivity contribution is -0.145. The largest absolute Gasteiger partial charge is 0.469 e. The van der Waals surface area contributed by atoms with Crippen molar-refractivity contribution in [1.29, 1.82) is 0 Å². The van der Waals surface area contributed by atoms with Gasteiger partial charge in [-0.05, 0) is 43.4 Å². The molecule has 1 aliphatic rings. The summed E-state index contributed by atoms with van der Waals surface area (Å²) in [6.45, 7) is 4.21. The van der Waals surface area contributed by atoms with Crippen molar-refractivity contribution in [1.82, 2.24) is 0 Å². The highest BCUT2D eigenvalue weighted by Gasteiger charge is 2.29. The fourth-order valence-electron chi connectivity index (χ4n) is 2.48. The first-order valence-electron chi connectivity index (χ1n) is 5.28. The minimum absolute atomic E-state index is 0.0329. The van der Waals surface area contributed by atoms with Crippen molar-refractivity contribution in [2.75, 3.05) is 7.11 Å². The zero-order chi connectivity index (χ0) is 11.0. The lowest BCUT2D eigenvalue weighted by atomic mass is 10.0. The number of carbonyl (C=O) groups is 1. The molecular formula is C13H16O2. The minimum atomic E-state index is -0.0803. The predicted octanol–water partition coefficient (Wildman–Crippen LogP) is 2.19. The zero-order valence-corrected chi connectivity index (χ0v) is 9.46. The molecule has 2 rings (SSSR count).